The molecule has 212 valence electrons. The van der Waals surface area contributed by atoms with E-state index in [1.165, 1.54) is 4.90 Å². The number of likely N-dealkylation sites (tertiary alicyclic amines) is 1. The summed E-state index contributed by atoms with van der Waals surface area (Å²) in [5, 5.41) is 12.6. The van der Waals surface area contributed by atoms with Crippen LogP contribution in [0.3, 0.4) is 0 Å². The van der Waals surface area contributed by atoms with Crippen LogP contribution < -0.4 is 21.7 Å². The molecular formula is C29H30N6O6. The molecule has 3 atom stereocenters. The molecule has 6 rings (SSSR count). The molecule has 3 aliphatic heterocycles. The van der Waals surface area contributed by atoms with Gasteiger partial charge in [0.25, 0.3) is 5.91 Å². The molecule has 1 aliphatic carbocycles. The van der Waals surface area contributed by atoms with Crippen molar-refractivity contribution in [3.05, 3.63) is 65.7 Å². The summed E-state index contributed by atoms with van der Waals surface area (Å²) in [6.07, 6.45) is 2.19. The van der Waals surface area contributed by atoms with Crippen LogP contribution in [0.2, 0.25) is 0 Å². The molecule has 2 saturated heterocycles. The van der Waals surface area contributed by atoms with E-state index in [9.17, 15) is 24.0 Å². The van der Waals surface area contributed by atoms with Crippen molar-refractivity contribution >= 4 is 40.9 Å². The quantitative estimate of drug-likeness (QED) is 0.392. The number of nitrogens with one attached hydrogen (secondary N) is 3. The van der Waals surface area contributed by atoms with Gasteiger partial charge in [0.15, 0.2) is 5.60 Å². The van der Waals surface area contributed by atoms with Gasteiger partial charge in [-0.15, -0.1) is 0 Å². The van der Waals surface area contributed by atoms with Crippen LogP contribution in [0, 0.1) is 0 Å². The maximum Gasteiger partial charge on any atom is 0.254 e. The molecule has 1 saturated carbocycles. The minimum Gasteiger partial charge on any atom is -0.387 e. The Balaban J connectivity index is 1.19. The maximum atomic E-state index is 13.5. The smallest absolute Gasteiger partial charge is 0.254 e. The van der Waals surface area contributed by atoms with E-state index in [2.05, 4.69) is 21.1 Å². The highest BCUT2D eigenvalue weighted by molar-refractivity contribution is 6.05. The predicted molar refractivity (Wildman–Crippen MR) is 146 cm³/mol. The Bertz CT molecular complexity index is 1470. The van der Waals surface area contributed by atoms with Crippen molar-refractivity contribution in [2.24, 2.45) is 10.9 Å². The molecule has 0 bridgehead atoms. The Morgan fingerprint density at radius 2 is 1.83 bits per heavy atom. The Labute approximate surface area is 235 Å². The number of oxime groups is 1. The van der Waals surface area contributed by atoms with Crippen molar-refractivity contribution in [3.63, 3.8) is 0 Å². The summed E-state index contributed by atoms with van der Waals surface area (Å²) >= 11 is 0. The fourth-order valence-corrected chi connectivity index (χ4v) is 5.71. The highest BCUT2D eigenvalue weighted by atomic mass is 16.7. The van der Waals surface area contributed by atoms with E-state index in [0.717, 1.165) is 5.56 Å². The van der Waals surface area contributed by atoms with E-state index >= 15 is 0 Å². The lowest BCUT2D eigenvalue weighted by Crippen LogP contribution is -2.53. The lowest BCUT2D eigenvalue weighted by atomic mass is 9.91. The van der Waals surface area contributed by atoms with Gasteiger partial charge in [-0.3, -0.25) is 24.0 Å². The van der Waals surface area contributed by atoms with Crippen LogP contribution in [-0.2, 0) is 24.0 Å². The van der Waals surface area contributed by atoms with Crippen LogP contribution >= 0.6 is 0 Å². The zero-order chi connectivity index (χ0) is 28.8. The van der Waals surface area contributed by atoms with Gasteiger partial charge in [0.05, 0.1) is 12.3 Å². The molecule has 41 heavy (non-hydrogen) atoms. The molecule has 12 heteroatoms. The minimum absolute atomic E-state index is 0.118. The number of carbonyl (C=O) groups is 5. The molecule has 2 aromatic rings. The summed E-state index contributed by atoms with van der Waals surface area (Å²) in [7, 11) is 0. The van der Waals surface area contributed by atoms with E-state index < -0.39 is 35.0 Å². The monoisotopic (exact) mass is 558 g/mol. The van der Waals surface area contributed by atoms with E-state index in [-0.39, 0.29) is 30.7 Å². The van der Waals surface area contributed by atoms with Crippen LogP contribution in [0.25, 0.3) is 0 Å². The van der Waals surface area contributed by atoms with Gasteiger partial charge < -0.3 is 31.4 Å². The number of carbonyl (C=O) groups excluding carboxylic acids is 5. The molecule has 3 heterocycles. The fourth-order valence-electron chi connectivity index (χ4n) is 5.71. The van der Waals surface area contributed by atoms with Crippen LogP contribution in [-0.4, -0.2) is 69.9 Å². The van der Waals surface area contributed by atoms with Crippen molar-refractivity contribution in [3.8, 4) is 0 Å². The molecule has 1 spiro atoms. The zero-order valence-corrected chi connectivity index (χ0v) is 22.2. The number of nitrogens with two attached hydrogens (primary N) is 1. The molecule has 5 amide bonds. The summed E-state index contributed by atoms with van der Waals surface area (Å²) in [4.78, 5) is 70.4. The number of benzene rings is 2. The summed E-state index contributed by atoms with van der Waals surface area (Å²) < 4.78 is 0. The van der Waals surface area contributed by atoms with Gasteiger partial charge in [-0.05, 0) is 43.5 Å². The summed E-state index contributed by atoms with van der Waals surface area (Å²) in [6.45, 7) is 0.118. The molecule has 3 fully saturated rings. The summed E-state index contributed by atoms with van der Waals surface area (Å²) in [6, 6.07) is 14.3. The Morgan fingerprint density at radius 3 is 2.51 bits per heavy atom. The standard InChI is InChI=1S/C29H30N6O6/c30-27(40)29(11-12-29)33-25(38)22-15-28(16-35(22)26(39)17-5-2-1-3-6-17)14-21(34-41-28)18-7-4-8-19(13-18)31-24(37)20-9-10-23(36)32-20/h1-8,13,20,22H,9-12,14-16H2,(H2,30,40)(H,31,37)(H,32,36)(H,33,38)/t20-,22-,28?/m0/s1. The van der Waals surface area contributed by atoms with Crippen LogP contribution in [0.5, 0.6) is 0 Å². The van der Waals surface area contributed by atoms with Gasteiger partial charge in [-0.2, -0.15) is 0 Å². The second kappa shape index (κ2) is 10.0. The van der Waals surface area contributed by atoms with Crippen molar-refractivity contribution in [1.82, 2.24) is 15.5 Å². The number of nitrogens with zero attached hydrogens (tertiary/aromatic N) is 2. The largest absolute Gasteiger partial charge is 0.387 e. The summed E-state index contributed by atoms with van der Waals surface area (Å²) in [5.74, 6) is -1.81. The number of amides is 5. The van der Waals surface area contributed by atoms with Crippen LogP contribution in [0.15, 0.2) is 59.8 Å². The number of anilines is 1. The third kappa shape index (κ3) is 5.12. The molecule has 2 aromatic carbocycles. The van der Waals surface area contributed by atoms with Crippen LogP contribution in [0.1, 0.15) is 54.4 Å². The van der Waals surface area contributed by atoms with Crippen LogP contribution in [0.4, 0.5) is 5.69 Å². The Hall–Kier alpha value is -4.74. The van der Waals surface area contributed by atoms with E-state index in [1.54, 1.807) is 48.5 Å². The van der Waals surface area contributed by atoms with E-state index in [4.69, 9.17) is 10.6 Å². The van der Waals surface area contributed by atoms with Crippen molar-refractivity contribution in [1.29, 1.82) is 0 Å². The highest BCUT2D eigenvalue weighted by Crippen LogP contribution is 2.41. The molecule has 12 nitrogen and oxygen atoms in total. The first-order valence-corrected chi connectivity index (χ1v) is 13.6. The molecule has 0 aromatic heterocycles. The van der Waals surface area contributed by atoms with Gasteiger partial charge in [-0.1, -0.05) is 35.5 Å². The molecule has 5 N–H and O–H groups in total. The van der Waals surface area contributed by atoms with E-state index in [1.807, 2.05) is 6.07 Å². The average Bonchev–Trinajstić information content (AvgIpc) is 3.28. The molecule has 4 aliphatic rings. The Kier molecular flexibility index (Phi) is 6.47. The number of hydrogen-bond acceptors (Lipinski definition) is 7. The SMILES string of the molecule is NC(=O)C1(NC(=O)[C@@H]2CC3(CC(c4cccc(NC(=O)[C@@H]5CCC(=O)N5)c4)=NO3)CN2C(=O)c2ccccc2)CC1. The maximum absolute atomic E-state index is 13.5. The number of rotatable bonds is 7. The normalized spacial score (nSPS) is 25.7. The molecule has 0 radical (unpaired) electrons. The summed E-state index contributed by atoms with van der Waals surface area (Å²) in [5.41, 5.74) is 5.81. The second-order valence-corrected chi connectivity index (χ2v) is 11.2. The fraction of sp³-hybridized carbons (Fsp3) is 0.379. The van der Waals surface area contributed by atoms with Crippen molar-refractivity contribution in [2.75, 3.05) is 11.9 Å². The van der Waals surface area contributed by atoms with Gasteiger partial charge in [-0.25, -0.2) is 0 Å². The zero-order valence-electron chi connectivity index (χ0n) is 22.2. The third-order valence-electron chi connectivity index (χ3n) is 8.18. The number of hydrogen-bond donors (Lipinski definition) is 4. The average molecular weight is 559 g/mol. The highest BCUT2D eigenvalue weighted by Gasteiger charge is 2.57. The second-order valence-electron chi connectivity index (χ2n) is 11.2. The third-order valence-corrected chi connectivity index (χ3v) is 8.18. The van der Waals surface area contributed by atoms with E-state index in [0.29, 0.717) is 49.1 Å². The minimum atomic E-state index is -1.07. The van der Waals surface area contributed by atoms with Crippen molar-refractivity contribution < 1.29 is 28.8 Å². The molecular weight excluding hydrogens is 528 g/mol. The lowest BCUT2D eigenvalue weighted by Gasteiger charge is -2.25. The first-order chi connectivity index (χ1) is 19.7. The predicted octanol–water partition coefficient (Wildman–Crippen LogP) is 0.816. The molecule has 1 unspecified atom stereocenters. The first kappa shape index (κ1) is 26.5. The van der Waals surface area contributed by atoms with Gasteiger partial charge >= 0.3 is 0 Å². The number of primary amides is 1. The van der Waals surface area contributed by atoms with Gasteiger partial charge in [0.2, 0.25) is 23.6 Å². The lowest BCUT2D eigenvalue weighted by molar-refractivity contribution is -0.130. The van der Waals surface area contributed by atoms with Crippen molar-refractivity contribution in [2.45, 2.75) is 61.7 Å². The van der Waals surface area contributed by atoms with Gasteiger partial charge in [0.1, 0.15) is 17.6 Å². The first-order valence-electron chi connectivity index (χ1n) is 13.6. The topological polar surface area (TPSA) is 172 Å². The van der Waals surface area contributed by atoms with Gasteiger partial charge in [0, 0.05) is 36.1 Å². The Morgan fingerprint density at radius 1 is 1.05 bits per heavy atom.